The van der Waals surface area contributed by atoms with E-state index in [0.29, 0.717) is 6.54 Å². The summed E-state index contributed by atoms with van der Waals surface area (Å²) in [7, 11) is 0. The average Bonchev–Trinajstić information content (AvgIpc) is 2.58. The Morgan fingerprint density at radius 3 is 2.23 bits per heavy atom. The van der Waals surface area contributed by atoms with Gasteiger partial charge in [-0.15, -0.1) is 0 Å². The lowest BCUT2D eigenvalue weighted by Gasteiger charge is -2.15. The molecule has 7 heteroatoms. The van der Waals surface area contributed by atoms with Crippen molar-refractivity contribution in [1.29, 1.82) is 0 Å². The number of alkyl halides is 3. The van der Waals surface area contributed by atoms with Crippen molar-refractivity contribution in [3.8, 4) is 5.75 Å². The van der Waals surface area contributed by atoms with Crippen LogP contribution in [0, 0.1) is 0 Å². The Labute approximate surface area is 150 Å². The molecule has 2 rings (SSSR count). The molecular formula is C19H21F3N2O2. The van der Waals surface area contributed by atoms with Crippen molar-refractivity contribution >= 4 is 11.6 Å². The number of amides is 1. The van der Waals surface area contributed by atoms with Gasteiger partial charge in [-0.1, -0.05) is 24.3 Å². The van der Waals surface area contributed by atoms with Crippen LogP contribution in [-0.4, -0.2) is 18.7 Å². The first kappa shape index (κ1) is 19.8. The molecule has 26 heavy (non-hydrogen) atoms. The number of carbonyl (C=O) groups excluding carboxylic acids is 1. The molecule has 4 nitrogen and oxygen atoms in total. The second kappa shape index (κ2) is 8.71. The average molecular weight is 366 g/mol. The van der Waals surface area contributed by atoms with Crippen LogP contribution in [0.1, 0.15) is 31.0 Å². The van der Waals surface area contributed by atoms with Crippen LogP contribution in [0.3, 0.4) is 0 Å². The fourth-order valence-corrected chi connectivity index (χ4v) is 2.32. The Morgan fingerprint density at radius 2 is 1.69 bits per heavy atom. The van der Waals surface area contributed by atoms with Crippen LogP contribution in [0.4, 0.5) is 18.9 Å². The predicted molar refractivity (Wildman–Crippen MR) is 94.0 cm³/mol. The topological polar surface area (TPSA) is 50.4 Å². The number of hydrogen-bond donors (Lipinski definition) is 2. The summed E-state index contributed by atoms with van der Waals surface area (Å²) in [5.41, 5.74) is 2.74. The summed E-state index contributed by atoms with van der Waals surface area (Å²) in [5.74, 6) is 0.0685. The lowest BCUT2D eigenvalue weighted by Crippen LogP contribution is -2.19. The van der Waals surface area contributed by atoms with Crippen LogP contribution >= 0.6 is 0 Å². The van der Waals surface area contributed by atoms with Crippen molar-refractivity contribution < 1.29 is 22.7 Å². The predicted octanol–water partition coefficient (Wildman–Crippen LogP) is 4.44. The van der Waals surface area contributed by atoms with E-state index in [9.17, 15) is 18.0 Å². The standard InChI is InChI=1S/C19H21F3N2O2/c1-13(16-5-9-18(10-6-16)26-12-19(20,21)22)23-11-15-3-7-17(8-4-15)24-14(2)25/h3-10,13,23H,11-12H2,1-2H3,(H,24,25)/t13-/m1/s1. The lowest BCUT2D eigenvalue weighted by molar-refractivity contribution is -0.153. The van der Waals surface area contributed by atoms with E-state index >= 15 is 0 Å². The van der Waals surface area contributed by atoms with Crippen LogP contribution in [0.5, 0.6) is 5.75 Å². The summed E-state index contributed by atoms with van der Waals surface area (Å²) in [5, 5.41) is 6.05. The molecule has 0 fully saturated rings. The lowest BCUT2D eigenvalue weighted by atomic mass is 10.1. The molecule has 0 aliphatic carbocycles. The number of carbonyl (C=O) groups is 1. The van der Waals surface area contributed by atoms with Crippen molar-refractivity contribution in [3.05, 3.63) is 59.7 Å². The minimum atomic E-state index is -4.34. The maximum absolute atomic E-state index is 12.1. The highest BCUT2D eigenvalue weighted by Gasteiger charge is 2.28. The zero-order chi connectivity index (χ0) is 19.2. The molecule has 1 amide bonds. The smallest absolute Gasteiger partial charge is 0.422 e. The van der Waals surface area contributed by atoms with Crippen LogP contribution in [0.15, 0.2) is 48.5 Å². The van der Waals surface area contributed by atoms with E-state index in [4.69, 9.17) is 4.74 Å². The third kappa shape index (κ3) is 6.76. The van der Waals surface area contributed by atoms with Crippen molar-refractivity contribution in [2.24, 2.45) is 0 Å². The summed E-state index contributed by atoms with van der Waals surface area (Å²) in [6, 6.07) is 14.0. The van der Waals surface area contributed by atoms with E-state index in [1.807, 2.05) is 31.2 Å². The van der Waals surface area contributed by atoms with Crippen LogP contribution in [-0.2, 0) is 11.3 Å². The molecule has 1 atom stereocenters. The second-order valence-electron chi connectivity index (χ2n) is 5.95. The van der Waals surface area contributed by atoms with Gasteiger partial charge in [0.2, 0.25) is 5.91 Å². The van der Waals surface area contributed by atoms with Gasteiger partial charge in [-0.25, -0.2) is 0 Å². The molecule has 140 valence electrons. The van der Waals surface area contributed by atoms with Gasteiger partial charge in [-0.05, 0) is 42.3 Å². The first-order valence-corrected chi connectivity index (χ1v) is 8.12. The minimum absolute atomic E-state index is 0.0155. The Kier molecular flexibility index (Phi) is 6.63. The highest BCUT2D eigenvalue weighted by atomic mass is 19.4. The molecule has 0 bridgehead atoms. The monoisotopic (exact) mass is 366 g/mol. The molecule has 0 saturated heterocycles. The Hall–Kier alpha value is -2.54. The molecule has 0 aromatic heterocycles. The zero-order valence-electron chi connectivity index (χ0n) is 14.6. The number of anilines is 1. The summed E-state index contributed by atoms with van der Waals surface area (Å²) >= 11 is 0. The summed E-state index contributed by atoms with van der Waals surface area (Å²) < 4.78 is 41.1. The highest BCUT2D eigenvalue weighted by Crippen LogP contribution is 2.21. The zero-order valence-corrected chi connectivity index (χ0v) is 14.6. The van der Waals surface area contributed by atoms with E-state index in [-0.39, 0.29) is 17.7 Å². The van der Waals surface area contributed by atoms with Crippen LogP contribution in [0.25, 0.3) is 0 Å². The third-order valence-corrected chi connectivity index (χ3v) is 3.67. The van der Waals surface area contributed by atoms with E-state index in [1.54, 1.807) is 12.1 Å². The number of nitrogens with one attached hydrogen (secondary N) is 2. The van der Waals surface area contributed by atoms with E-state index < -0.39 is 12.8 Å². The van der Waals surface area contributed by atoms with Gasteiger partial charge in [-0.2, -0.15) is 13.2 Å². The van der Waals surface area contributed by atoms with Gasteiger partial charge in [0.25, 0.3) is 0 Å². The first-order valence-electron chi connectivity index (χ1n) is 8.12. The number of halogens is 3. The van der Waals surface area contributed by atoms with Crippen molar-refractivity contribution in [1.82, 2.24) is 5.32 Å². The molecule has 2 aromatic carbocycles. The quantitative estimate of drug-likeness (QED) is 0.762. The van der Waals surface area contributed by atoms with Crippen LogP contribution in [0.2, 0.25) is 0 Å². The minimum Gasteiger partial charge on any atom is -0.484 e. The van der Waals surface area contributed by atoms with Crippen molar-refractivity contribution in [3.63, 3.8) is 0 Å². The number of rotatable bonds is 7. The Balaban J connectivity index is 1.85. The van der Waals surface area contributed by atoms with Crippen LogP contribution < -0.4 is 15.4 Å². The Morgan fingerprint density at radius 1 is 1.08 bits per heavy atom. The molecule has 0 spiro atoms. The SMILES string of the molecule is CC(=O)Nc1ccc(CN[C@H](C)c2ccc(OCC(F)(F)F)cc2)cc1. The molecule has 0 saturated carbocycles. The molecule has 0 heterocycles. The first-order chi connectivity index (χ1) is 12.2. The van der Waals surface area contributed by atoms with Gasteiger partial charge in [0.1, 0.15) is 5.75 Å². The van der Waals surface area contributed by atoms with E-state index in [0.717, 1.165) is 16.8 Å². The molecule has 0 radical (unpaired) electrons. The number of hydrogen-bond acceptors (Lipinski definition) is 3. The second-order valence-corrected chi connectivity index (χ2v) is 5.95. The van der Waals surface area contributed by atoms with Crippen molar-refractivity contribution in [2.45, 2.75) is 32.6 Å². The van der Waals surface area contributed by atoms with Gasteiger partial charge in [0.15, 0.2) is 6.61 Å². The van der Waals surface area contributed by atoms with E-state index in [2.05, 4.69) is 10.6 Å². The van der Waals surface area contributed by atoms with Gasteiger partial charge in [0.05, 0.1) is 0 Å². The van der Waals surface area contributed by atoms with E-state index in [1.165, 1.54) is 19.1 Å². The number of ether oxygens (including phenoxy) is 1. The molecule has 0 aliphatic rings. The van der Waals surface area contributed by atoms with Gasteiger partial charge in [0, 0.05) is 25.2 Å². The molecular weight excluding hydrogens is 345 g/mol. The summed E-state index contributed by atoms with van der Waals surface area (Å²) in [6.07, 6.45) is -4.34. The number of benzene rings is 2. The summed E-state index contributed by atoms with van der Waals surface area (Å²) in [4.78, 5) is 11.0. The maximum atomic E-state index is 12.1. The largest absolute Gasteiger partial charge is 0.484 e. The Bertz CT molecular complexity index is 713. The molecule has 2 aromatic rings. The van der Waals surface area contributed by atoms with Gasteiger partial charge >= 0.3 is 6.18 Å². The van der Waals surface area contributed by atoms with Gasteiger partial charge < -0.3 is 15.4 Å². The molecule has 0 aliphatic heterocycles. The van der Waals surface area contributed by atoms with Gasteiger partial charge in [-0.3, -0.25) is 4.79 Å². The molecule has 0 unspecified atom stereocenters. The van der Waals surface area contributed by atoms with Crippen molar-refractivity contribution in [2.75, 3.05) is 11.9 Å². The third-order valence-electron chi connectivity index (χ3n) is 3.67. The highest BCUT2D eigenvalue weighted by molar-refractivity contribution is 5.88. The maximum Gasteiger partial charge on any atom is 0.422 e. The fourth-order valence-electron chi connectivity index (χ4n) is 2.32. The molecule has 2 N–H and O–H groups in total. The fraction of sp³-hybridized carbons (Fsp3) is 0.316. The normalized spacial score (nSPS) is 12.5. The summed E-state index contributed by atoms with van der Waals surface area (Å²) in [6.45, 7) is 2.75.